The van der Waals surface area contributed by atoms with Gasteiger partial charge in [-0.1, -0.05) is 694 Å². The van der Waals surface area contributed by atoms with E-state index in [-0.39, 0.29) is 48.7 Å². The molecule has 0 aliphatic rings. The highest BCUT2D eigenvalue weighted by molar-refractivity contribution is 5.90. The van der Waals surface area contributed by atoms with Gasteiger partial charge in [-0.25, -0.2) is 0 Å². The summed E-state index contributed by atoms with van der Waals surface area (Å²) in [4.78, 5) is 0. The first-order chi connectivity index (χ1) is 68.2. The Morgan fingerprint density at radius 3 is 0.333 bits per heavy atom. The molecule has 0 N–H and O–H groups in total. The molecular formula is C144H198. The molecular weight excluding hydrogens is 1730 g/mol. The van der Waals surface area contributed by atoms with E-state index >= 15 is 0 Å². The van der Waals surface area contributed by atoms with Gasteiger partial charge in [0, 0.05) is 0 Å². The summed E-state index contributed by atoms with van der Waals surface area (Å²) in [5, 5.41) is 24.0. The second kappa shape index (κ2) is 64.2. The monoisotopic (exact) mass is 1930 g/mol. The Bertz CT molecular complexity index is 5570. The third-order valence-corrected chi connectivity index (χ3v) is 23.5. The zero-order chi connectivity index (χ0) is 110. The maximum Gasteiger partial charge on any atom is -0.0126 e. The molecule has 0 amide bonds. The highest BCUT2D eigenvalue weighted by Crippen LogP contribution is 2.36. The average Bonchev–Trinajstić information content (AvgIpc) is 0.793. The van der Waals surface area contributed by atoms with Gasteiger partial charge in [0.15, 0.2) is 0 Å². The topological polar surface area (TPSA) is 0 Å². The van der Waals surface area contributed by atoms with Gasteiger partial charge in [0.2, 0.25) is 0 Å². The summed E-state index contributed by atoms with van der Waals surface area (Å²) >= 11 is 0. The van der Waals surface area contributed by atoms with Crippen LogP contribution >= 0.6 is 0 Å². The maximum atomic E-state index is 2.29. The fraction of sp³-hybridized carbons (Fsp3) is 0.375. The van der Waals surface area contributed by atoms with Crippen molar-refractivity contribution in [3.8, 4) is 0 Å². The van der Waals surface area contributed by atoms with E-state index < -0.39 is 0 Å². The first-order valence-corrected chi connectivity index (χ1v) is 54.6. The van der Waals surface area contributed by atoms with E-state index in [9.17, 15) is 0 Å². The lowest BCUT2D eigenvalue weighted by Gasteiger charge is -2.21. The Kier molecular flexibility index (Phi) is 58.1. The van der Waals surface area contributed by atoms with Crippen molar-refractivity contribution in [3.05, 3.63) is 432 Å². The molecule has 0 aromatic heterocycles. The maximum absolute atomic E-state index is 2.29. The largest absolute Gasteiger partial charge is 0.0683 e. The van der Waals surface area contributed by atoms with Crippen LogP contribution in [0.2, 0.25) is 0 Å². The summed E-state index contributed by atoms with van der Waals surface area (Å²) < 4.78 is 0. The van der Waals surface area contributed by atoms with Crippen LogP contribution in [-0.2, 0) is 48.7 Å². The highest BCUT2D eigenvalue weighted by atomic mass is 14.3. The summed E-state index contributed by atoms with van der Waals surface area (Å²) in [5.74, 6) is 0. The molecule has 0 saturated heterocycles. The lowest BCUT2D eigenvalue weighted by Crippen LogP contribution is -2.11. The quantitative estimate of drug-likeness (QED) is 0.142. The van der Waals surface area contributed by atoms with Crippen molar-refractivity contribution < 1.29 is 0 Å². The summed E-state index contributed by atoms with van der Waals surface area (Å²) in [6, 6.07) is 137. The third-order valence-electron chi connectivity index (χ3n) is 23.5. The first kappa shape index (κ1) is 130. The Hall–Kier alpha value is -11.7. The van der Waals surface area contributed by atoms with Crippen LogP contribution in [0.5, 0.6) is 0 Å². The molecule has 0 nitrogen and oxygen atoms in total. The number of rotatable bonds is 0. The molecule has 0 aliphatic carbocycles. The van der Waals surface area contributed by atoms with Crippen LogP contribution in [0.3, 0.4) is 0 Å². The van der Waals surface area contributed by atoms with Crippen molar-refractivity contribution in [2.45, 2.75) is 360 Å². The van der Waals surface area contributed by atoms with Gasteiger partial charge in [0.25, 0.3) is 0 Å². The minimum Gasteiger partial charge on any atom is -0.0683 e. The molecule has 0 bridgehead atoms. The fourth-order valence-electron chi connectivity index (χ4n) is 15.3. The zero-order valence-electron chi connectivity index (χ0n) is 99.4. The lowest BCUT2D eigenvalue weighted by atomic mass is 9.84. The smallest absolute Gasteiger partial charge is 0.0126 e. The summed E-state index contributed by atoms with van der Waals surface area (Å²) in [7, 11) is 0. The second-order valence-electron chi connectivity index (χ2n) is 43.2. The number of hydrogen-bond donors (Lipinski definition) is 0. The second-order valence-corrected chi connectivity index (χ2v) is 43.2. The molecule has 18 aromatic rings. The Morgan fingerprint density at radius 2 is 0.208 bits per heavy atom. The summed E-state index contributed by atoms with van der Waals surface area (Å²) in [6.07, 6.45) is 0. The minimum absolute atomic E-state index is 0.223. The SMILES string of the molecule is CC.CC.CC.CC.CC.CC.CC.CC.CC.CC(C)(C)c1ccc2ccccc2c1.CC(C)(C)c1ccc2ccccc2c1.CC(C)(C)c1ccc2ccccc2c1.CC(C)(C)c1ccc2ccccc2c1.CC(C)(C)c1ccc2ccccc2c1.CC(C)(C)c1ccc2ccccc2c1.CC(C)(C)c1ccc2ccccc2c1.CC(C)(C)c1cccc2ccccc12.CC(C)(C)c1cccc2ccccc12. The Morgan fingerprint density at radius 1 is 0.0972 bits per heavy atom. The normalized spacial score (nSPS) is 10.8. The molecule has 0 heterocycles. The van der Waals surface area contributed by atoms with E-state index in [0.717, 1.165) is 0 Å². The van der Waals surface area contributed by atoms with Crippen LogP contribution in [0.4, 0.5) is 0 Å². The zero-order valence-corrected chi connectivity index (χ0v) is 99.4. The van der Waals surface area contributed by atoms with Crippen LogP contribution in [0.1, 0.15) is 362 Å². The highest BCUT2D eigenvalue weighted by Gasteiger charge is 2.22. The van der Waals surface area contributed by atoms with Gasteiger partial charge in [-0.3, -0.25) is 0 Å². The van der Waals surface area contributed by atoms with Crippen LogP contribution in [0.25, 0.3) is 97.0 Å². The molecule has 18 rings (SSSR count). The van der Waals surface area contributed by atoms with Gasteiger partial charge in [-0.05, 0) is 196 Å². The molecule has 0 unspecified atom stereocenters. The lowest BCUT2D eigenvalue weighted by molar-refractivity contribution is 0.591. The Labute approximate surface area is 883 Å². The van der Waals surface area contributed by atoms with Crippen molar-refractivity contribution in [1.82, 2.24) is 0 Å². The fourth-order valence-corrected chi connectivity index (χ4v) is 15.3. The Balaban J connectivity index is 0.000000793. The minimum atomic E-state index is 0.223. The molecule has 144 heavy (non-hydrogen) atoms. The van der Waals surface area contributed by atoms with Crippen LogP contribution in [-0.4, -0.2) is 0 Å². The van der Waals surface area contributed by atoms with E-state index in [1.165, 1.54) is 147 Å². The molecule has 0 spiro atoms. The molecule has 0 aliphatic heterocycles. The molecule has 0 heteroatoms. The molecule has 0 atom stereocenters. The van der Waals surface area contributed by atoms with E-state index in [4.69, 9.17) is 0 Å². The summed E-state index contributed by atoms with van der Waals surface area (Å²) in [5.41, 5.74) is 14.8. The van der Waals surface area contributed by atoms with Crippen LogP contribution in [0.15, 0.2) is 382 Å². The van der Waals surface area contributed by atoms with Crippen molar-refractivity contribution in [3.63, 3.8) is 0 Å². The molecule has 0 saturated carbocycles. The van der Waals surface area contributed by atoms with Crippen molar-refractivity contribution >= 4 is 97.0 Å². The van der Waals surface area contributed by atoms with Crippen LogP contribution in [0, 0.1) is 0 Å². The van der Waals surface area contributed by atoms with Crippen LogP contribution < -0.4 is 0 Å². The van der Waals surface area contributed by atoms with Gasteiger partial charge >= 0.3 is 0 Å². The third kappa shape index (κ3) is 43.3. The van der Waals surface area contributed by atoms with Crippen molar-refractivity contribution in [2.75, 3.05) is 0 Å². The predicted octanol–water partition coefficient (Wildman–Crippen LogP) is 46.5. The van der Waals surface area contributed by atoms with Gasteiger partial charge in [0.05, 0.1) is 0 Å². The van der Waals surface area contributed by atoms with Gasteiger partial charge < -0.3 is 0 Å². The van der Waals surface area contributed by atoms with Gasteiger partial charge in [-0.15, -0.1) is 0 Å². The number of benzene rings is 18. The molecule has 18 aromatic carbocycles. The van der Waals surface area contributed by atoms with E-state index in [0.29, 0.717) is 0 Å². The standard InChI is InChI=1S/9C14H16.9C2H6/c2*1-14(2,3)13-10-6-8-11-7-4-5-9-12(11)13;7*1-14(2,3)13-9-8-11-6-4-5-7-12(11)10-13;9*1-2/h9*4-10H,1-3H3;9*1-2H3. The first-order valence-electron chi connectivity index (χ1n) is 54.6. The van der Waals surface area contributed by atoms with Crippen molar-refractivity contribution in [1.29, 1.82) is 0 Å². The average molecular weight is 1930 g/mol. The van der Waals surface area contributed by atoms with E-state index in [1.54, 1.807) is 0 Å². The predicted molar refractivity (Wildman–Crippen MR) is 666 cm³/mol. The number of hydrogen-bond acceptors (Lipinski definition) is 0. The molecule has 0 radical (unpaired) electrons. The molecule has 774 valence electrons. The van der Waals surface area contributed by atoms with E-state index in [2.05, 4.69) is 569 Å². The van der Waals surface area contributed by atoms with E-state index in [1.807, 2.05) is 125 Å². The van der Waals surface area contributed by atoms with Crippen molar-refractivity contribution in [2.24, 2.45) is 0 Å². The summed E-state index contributed by atoms with van der Waals surface area (Å²) in [6.45, 7) is 96.7. The van der Waals surface area contributed by atoms with Gasteiger partial charge in [-0.2, -0.15) is 0 Å². The molecule has 0 fully saturated rings. The number of fused-ring (bicyclic) bond motifs is 9. The van der Waals surface area contributed by atoms with Gasteiger partial charge in [0.1, 0.15) is 0 Å².